The molecule has 0 fully saturated rings. The van der Waals surface area contributed by atoms with Gasteiger partial charge in [0.25, 0.3) is 5.91 Å². The van der Waals surface area contributed by atoms with E-state index < -0.39 is 53.5 Å². The van der Waals surface area contributed by atoms with Gasteiger partial charge in [0.15, 0.2) is 11.9 Å². The number of hydrogen-bond acceptors (Lipinski definition) is 8. The number of carbonyl (C=O) groups excluding carboxylic acids is 6. The van der Waals surface area contributed by atoms with Crippen LogP contribution < -0.4 is 30.9 Å². The number of alkyl carbamates (subject to hydrolysis) is 1. The number of carbonyl (C=O) groups is 6. The van der Waals surface area contributed by atoms with Crippen LogP contribution >= 0.6 is 0 Å². The Balaban J connectivity index is 1.23. The first kappa shape index (κ1) is 43.6. The van der Waals surface area contributed by atoms with Gasteiger partial charge >= 0.3 is 6.09 Å². The topological polar surface area (TPSA) is 172 Å². The van der Waals surface area contributed by atoms with Crippen LogP contribution in [0.15, 0.2) is 115 Å². The zero-order valence-electron chi connectivity index (χ0n) is 34.0. The number of nitrogens with zero attached hydrogens (tertiary/aromatic N) is 1. The highest BCUT2D eigenvalue weighted by atomic mass is 16.6. The van der Waals surface area contributed by atoms with Gasteiger partial charge in [-0.1, -0.05) is 97.1 Å². The molecule has 5 rings (SSSR count). The van der Waals surface area contributed by atoms with Gasteiger partial charge < -0.3 is 30.7 Å². The lowest BCUT2D eigenvalue weighted by molar-refractivity contribution is -0.132. The molecule has 13 heteroatoms. The molecule has 1 heterocycles. The Kier molecular flexibility index (Phi) is 15.4. The van der Waals surface area contributed by atoms with Crippen LogP contribution in [0.2, 0.25) is 0 Å². The number of ketones is 1. The van der Waals surface area contributed by atoms with Gasteiger partial charge in [-0.25, -0.2) is 4.79 Å². The van der Waals surface area contributed by atoms with Crippen molar-refractivity contribution in [2.24, 2.45) is 0 Å². The Morgan fingerprint density at radius 1 is 0.831 bits per heavy atom. The molecule has 5 amide bonds. The number of benzene rings is 3. The van der Waals surface area contributed by atoms with Crippen molar-refractivity contribution < 1.29 is 38.2 Å². The molecule has 1 aliphatic carbocycles. The SMILES string of the molecule is CC(NC(=O)Cc1ccc(C(=O)c2ccccc2)cc1)C(=O)N[C@@H]1C(=O)N(CC(=O)NCCCCCNC(=O)OC(C)(C)C)c2ccccc2O[C@@H]1C1=CCC=CC=C1. The van der Waals surface area contributed by atoms with E-state index in [0.717, 1.165) is 6.42 Å². The zero-order valence-corrected chi connectivity index (χ0v) is 34.0. The predicted molar refractivity (Wildman–Crippen MR) is 225 cm³/mol. The van der Waals surface area contributed by atoms with Gasteiger partial charge in [0, 0.05) is 24.2 Å². The molecule has 0 bridgehead atoms. The lowest BCUT2D eigenvalue weighted by atomic mass is 9.99. The molecule has 59 heavy (non-hydrogen) atoms. The van der Waals surface area contributed by atoms with E-state index in [4.69, 9.17) is 9.47 Å². The van der Waals surface area contributed by atoms with Crippen LogP contribution in [0.4, 0.5) is 10.5 Å². The zero-order chi connectivity index (χ0) is 42.4. The van der Waals surface area contributed by atoms with E-state index in [1.54, 1.807) is 93.6 Å². The van der Waals surface area contributed by atoms with Crippen LogP contribution in [0.1, 0.15) is 74.9 Å². The summed E-state index contributed by atoms with van der Waals surface area (Å²) < 4.78 is 11.8. The van der Waals surface area contributed by atoms with Crippen molar-refractivity contribution in [3.05, 3.63) is 132 Å². The summed E-state index contributed by atoms with van der Waals surface area (Å²) in [5, 5.41) is 11.2. The Labute approximate surface area is 345 Å². The molecule has 1 aliphatic heterocycles. The van der Waals surface area contributed by atoms with E-state index in [1.165, 1.54) is 11.8 Å². The van der Waals surface area contributed by atoms with Crippen LogP contribution in [0.3, 0.4) is 0 Å². The lowest BCUT2D eigenvalue weighted by Crippen LogP contribution is -2.59. The molecule has 310 valence electrons. The van der Waals surface area contributed by atoms with E-state index in [1.807, 2.05) is 36.4 Å². The van der Waals surface area contributed by atoms with Crippen molar-refractivity contribution in [2.75, 3.05) is 24.5 Å². The number of unbranched alkanes of at least 4 members (excludes halogenated alkanes) is 2. The summed E-state index contributed by atoms with van der Waals surface area (Å²) in [5.41, 5.74) is 2.14. The van der Waals surface area contributed by atoms with E-state index in [0.29, 0.717) is 66.1 Å². The second-order valence-electron chi connectivity index (χ2n) is 15.3. The minimum absolute atomic E-state index is 0.0443. The molecule has 3 aromatic carbocycles. The second-order valence-corrected chi connectivity index (χ2v) is 15.3. The summed E-state index contributed by atoms with van der Waals surface area (Å²) in [7, 11) is 0. The summed E-state index contributed by atoms with van der Waals surface area (Å²) in [5.74, 6) is -1.79. The van der Waals surface area contributed by atoms with E-state index in [2.05, 4.69) is 21.3 Å². The molecular formula is C46H53N5O8. The van der Waals surface area contributed by atoms with Crippen molar-refractivity contribution in [1.82, 2.24) is 21.3 Å². The van der Waals surface area contributed by atoms with Crippen molar-refractivity contribution in [3.63, 3.8) is 0 Å². The van der Waals surface area contributed by atoms with Crippen molar-refractivity contribution in [3.8, 4) is 5.75 Å². The Morgan fingerprint density at radius 2 is 1.51 bits per heavy atom. The molecule has 0 spiro atoms. The van der Waals surface area contributed by atoms with Crippen molar-refractivity contribution in [2.45, 2.75) is 83.6 Å². The quantitative estimate of drug-likeness (QED) is 0.109. The van der Waals surface area contributed by atoms with E-state index in [-0.39, 0.29) is 18.7 Å². The lowest BCUT2D eigenvalue weighted by Gasteiger charge is -2.29. The predicted octanol–water partition coefficient (Wildman–Crippen LogP) is 5.50. The fraction of sp³-hybridized carbons (Fsp3) is 0.348. The first-order valence-electron chi connectivity index (χ1n) is 19.9. The van der Waals surface area contributed by atoms with Crippen LogP contribution in [0.25, 0.3) is 0 Å². The molecular weight excluding hydrogens is 751 g/mol. The summed E-state index contributed by atoms with van der Waals surface area (Å²) in [6.07, 6.45) is 10.5. The number of anilines is 1. The third-order valence-electron chi connectivity index (χ3n) is 9.43. The van der Waals surface area contributed by atoms with Gasteiger partial charge in [0.1, 0.15) is 30.0 Å². The first-order chi connectivity index (χ1) is 28.3. The van der Waals surface area contributed by atoms with Gasteiger partial charge in [0.2, 0.25) is 17.7 Å². The monoisotopic (exact) mass is 803 g/mol. The average Bonchev–Trinajstić information content (AvgIpc) is 3.55. The van der Waals surface area contributed by atoms with E-state index >= 15 is 0 Å². The second kappa shape index (κ2) is 20.8. The number of hydrogen-bond donors (Lipinski definition) is 4. The molecule has 0 radical (unpaired) electrons. The minimum atomic E-state index is -1.27. The van der Waals surface area contributed by atoms with Gasteiger partial charge in [-0.15, -0.1) is 0 Å². The number of amides is 5. The van der Waals surface area contributed by atoms with Gasteiger partial charge in [-0.3, -0.25) is 28.9 Å². The first-order valence-corrected chi connectivity index (χ1v) is 19.9. The molecule has 3 atom stereocenters. The highest BCUT2D eigenvalue weighted by Crippen LogP contribution is 2.35. The smallest absolute Gasteiger partial charge is 0.407 e. The van der Waals surface area contributed by atoms with Gasteiger partial charge in [0.05, 0.1) is 12.1 Å². The minimum Gasteiger partial charge on any atom is -0.481 e. The fourth-order valence-corrected chi connectivity index (χ4v) is 6.48. The fourth-order valence-electron chi connectivity index (χ4n) is 6.48. The van der Waals surface area contributed by atoms with Crippen molar-refractivity contribution in [1.29, 1.82) is 0 Å². The molecule has 2 aliphatic rings. The van der Waals surface area contributed by atoms with Gasteiger partial charge in [-0.05, 0) is 76.6 Å². The number of para-hydroxylation sites is 2. The van der Waals surface area contributed by atoms with E-state index in [9.17, 15) is 28.8 Å². The largest absolute Gasteiger partial charge is 0.481 e. The molecule has 0 aromatic heterocycles. The number of allylic oxidation sites excluding steroid dienone is 4. The normalized spacial score (nSPS) is 16.6. The Bertz CT molecular complexity index is 2070. The average molecular weight is 804 g/mol. The van der Waals surface area contributed by atoms with Crippen LogP contribution in [0.5, 0.6) is 5.75 Å². The molecule has 13 nitrogen and oxygen atoms in total. The number of nitrogens with one attached hydrogen (secondary N) is 4. The summed E-state index contributed by atoms with van der Waals surface area (Å²) in [4.78, 5) is 80.9. The molecule has 0 saturated heterocycles. The highest BCUT2D eigenvalue weighted by molar-refractivity contribution is 6.09. The number of fused-ring (bicyclic) bond motifs is 1. The third-order valence-corrected chi connectivity index (χ3v) is 9.43. The molecule has 3 aromatic rings. The van der Waals surface area contributed by atoms with Crippen LogP contribution in [-0.4, -0.2) is 78.9 Å². The Morgan fingerprint density at radius 3 is 2.24 bits per heavy atom. The summed E-state index contributed by atoms with van der Waals surface area (Å²) in [6.45, 7) is 7.36. The highest BCUT2D eigenvalue weighted by Gasteiger charge is 2.42. The van der Waals surface area contributed by atoms with Crippen LogP contribution in [-0.2, 0) is 30.3 Å². The standard InChI is InChI=1S/C46H53N5O8/c1-31(49-38(52)29-32-23-25-34(26-24-32)41(54)33-17-11-7-12-18-33)43(55)50-40-42(35-19-9-5-6-10-20-35)58-37-22-14-13-21-36(37)51(44(40)56)30-39(53)47-27-15-8-16-28-48-45(57)59-46(2,3)4/h5-7,9,11-14,17-26,31,40,42H,8,10,15-16,27-30H2,1-4H3,(H,47,53)(H,48,57)(H,49,52)(H,50,55)/t31?,40-,42+/m0/s1. The maximum Gasteiger partial charge on any atom is 0.407 e. The molecule has 0 saturated carbocycles. The summed E-state index contributed by atoms with van der Waals surface area (Å²) in [6, 6.07) is 20.2. The van der Waals surface area contributed by atoms with Crippen molar-refractivity contribution >= 4 is 41.2 Å². The Hall–Kier alpha value is -6.50. The number of ether oxygens (including phenoxy) is 2. The summed E-state index contributed by atoms with van der Waals surface area (Å²) >= 11 is 0. The third kappa shape index (κ3) is 13.0. The van der Waals surface area contributed by atoms with Crippen LogP contribution in [0, 0.1) is 0 Å². The maximum atomic E-state index is 14.6. The van der Waals surface area contributed by atoms with Gasteiger partial charge in [-0.2, -0.15) is 0 Å². The number of rotatable bonds is 16. The molecule has 4 N–H and O–H groups in total. The maximum absolute atomic E-state index is 14.6. The molecule has 1 unspecified atom stereocenters.